The normalized spacial score (nSPS) is 10.3. The largest absolute Gasteiger partial charge is 0.380 e. The molecule has 2 aromatic rings. The van der Waals surface area contributed by atoms with Gasteiger partial charge in [0, 0.05) is 23.4 Å². The number of methoxy groups -OCH3 is 1. The Labute approximate surface area is 123 Å². The summed E-state index contributed by atoms with van der Waals surface area (Å²) in [5.74, 6) is -0.159. The number of ether oxygens (including phenoxy) is 1. The van der Waals surface area contributed by atoms with Crippen molar-refractivity contribution >= 4 is 23.2 Å². The average molecular weight is 290 g/mol. The first-order valence-electron chi connectivity index (χ1n) is 6.26. The Morgan fingerprint density at radius 1 is 1.25 bits per heavy atom. The van der Waals surface area contributed by atoms with Gasteiger partial charge in [-0.3, -0.25) is 4.79 Å². The number of anilines is 1. The lowest BCUT2D eigenvalue weighted by molar-refractivity contribution is 0.102. The molecule has 0 aliphatic carbocycles. The van der Waals surface area contributed by atoms with Gasteiger partial charge in [0.25, 0.3) is 5.91 Å². The van der Waals surface area contributed by atoms with E-state index >= 15 is 0 Å². The number of carbonyl (C=O) groups excluding carboxylic acids is 1. The summed E-state index contributed by atoms with van der Waals surface area (Å²) in [5.41, 5.74) is 3.14. The van der Waals surface area contributed by atoms with Gasteiger partial charge in [-0.2, -0.15) is 0 Å². The van der Waals surface area contributed by atoms with Crippen molar-refractivity contribution in [2.45, 2.75) is 13.5 Å². The van der Waals surface area contributed by atoms with Gasteiger partial charge in [0.15, 0.2) is 0 Å². The molecule has 0 aliphatic heterocycles. The van der Waals surface area contributed by atoms with Gasteiger partial charge < -0.3 is 10.1 Å². The van der Waals surface area contributed by atoms with Crippen molar-refractivity contribution in [3.05, 3.63) is 64.2 Å². The molecule has 104 valence electrons. The first-order chi connectivity index (χ1) is 9.61. The molecule has 0 radical (unpaired) electrons. The second-order valence-electron chi connectivity index (χ2n) is 4.50. The number of rotatable bonds is 4. The molecule has 0 unspecified atom stereocenters. The molecule has 0 atom stereocenters. The predicted molar refractivity (Wildman–Crippen MR) is 81.3 cm³/mol. The predicted octanol–water partition coefficient (Wildman–Crippen LogP) is 4.05. The zero-order chi connectivity index (χ0) is 14.5. The number of benzene rings is 2. The zero-order valence-corrected chi connectivity index (χ0v) is 12.2. The minimum absolute atomic E-state index is 0.159. The monoisotopic (exact) mass is 289 g/mol. The molecule has 0 fully saturated rings. The summed E-state index contributed by atoms with van der Waals surface area (Å²) in [6.45, 7) is 2.36. The van der Waals surface area contributed by atoms with Crippen LogP contribution in [0.1, 0.15) is 21.5 Å². The fourth-order valence-electron chi connectivity index (χ4n) is 1.91. The van der Waals surface area contributed by atoms with Crippen molar-refractivity contribution in [3.8, 4) is 0 Å². The summed E-state index contributed by atoms with van der Waals surface area (Å²) in [7, 11) is 1.63. The summed E-state index contributed by atoms with van der Waals surface area (Å²) >= 11 is 6.04. The summed E-state index contributed by atoms with van der Waals surface area (Å²) in [5, 5.41) is 3.51. The van der Waals surface area contributed by atoms with Crippen LogP contribution in [0.2, 0.25) is 5.02 Å². The van der Waals surface area contributed by atoms with Crippen molar-refractivity contribution in [2.75, 3.05) is 12.4 Å². The fourth-order valence-corrected chi connectivity index (χ4v) is 2.08. The second-order valence-corrected chi connectivity index (χ2v) is 4.91. The summed E-state index contributed by atoms with van der Waals surface area (Å²) < 4.78 is 5.07. The lowest BCUT2D eigenvalue weighted by Crippen LogP contribution is -2.13. The van der Waals surface area contributed by atoms with Crippen LogP contribution in [0.3, 0.4) is 0 Å². The Morgan fingerprint density at radius 2 is 2.00 bits per heavy atom. The van der Waals surface area contributed by atoms with Crippen LogP contribution in [0.15, 0.2) is 42.5 Å². The van der Waals surface area contributed by atoms with E-state index < -0.39 is 0 Å². The van der Waals surface area contributed by atoms with Crippen LogP contribution in [0.5, 0.6) is 0 Å². The van der Waals surface area contributed by atoms with E-state index in [0.29, 0.717) is 17.2 Å². The van der Waals surface area contributed by atoms with E-state index in [-0.39, 0.29) is 5.91 Å². The van der Waals surface area contributed by atoms with Crippen molar-refractivity contribution in [1.82, 2.24) is 0 Å². The molecular weight excluding hydrogens is 274 g/mol. The molecule has 0 saturated carbocycles. The SMILES string of the molecule is COCc1cccc(C(=O)Nc2cccc(Cl)c2C)c1. The van der Waals surface area contributed by atoms with Gasteiger partial charge in [-0.1, -0.05) is 29.8 Å². The molecule has 0 heterocycles. The highest BCUT2D eigenvalue weighted by Gasteiger charge is 2.09. The van der Waals surface area contributed by atoms with E-state index in [1.54, 1.807) is 19.2 Å². The minimum Gasteiger partial charge on any atom is -0.380 e. The van der Waals surface area contributed by atoms with Crippen LogP contribution in [-0.2, 0) is 11.3 Å². The van der Waals surface area contributed by atoms with Crippen LogP contribution >= 0.6 is 11.6 Å². The van der Waals surface area contributed by atoms with Crippen LogP contribution in [0, 0.1) is 6.92 Å². The van der Waals surface area contributed by atoms with Crippen LogP contribution in [0.25, 0.3) is 0 Å². The molecule has 2 rings (SSSR count). The third-order valence-electron chi connectivity index (χ3n) is 3.02. The molecule has 2 aromatic carbocycles. The Kier molecular flexibility index (Phi) is 4.77. The third kappa shape index (κ3) is 3.38. The lowest BCUT2D eigenvalue weighted by atomic mass is 10.1. The average Bonchev–Trinajstić information content (AvgIpc) is 2.44. The minimum atomic E-state index is -0.159. The highest BCUT2D eigenvalue weighted by atomic mass is 35.5. The molecule has 1 N–H and O–H groups in total. The maximum absolute atomic E-state index is 12.2. The highest BCUT2D eigenvalue weighted by Crippen LogP contribution is 2.23. The van der Waals surface area contributed by atoms with Gasteiger partial charge >= 0.3 is 0 Å². The van der Waals surface area contributed by atoms with Gasteiger partial charge in [0.05, 0.1) is 6.61 Å². The van der Waals surface area contributed by atoms with E-state index in [1.807, 2.05) is 37.3 Å². The molecule has 4 heteroatoms. The molecule has 1 amide bonds. The number of hydrogen-bond acceptors (Lipinski definition) is 2. The lowest BCUT2D eigenvalue weighted by Gasteiger charge is -2.10. The van der Waals surface area contributed by atoms with E-state index in [9.17, 15) is 4.79 Å². The topological polar surface area (TPSA) is 38.3 Å². The number of amides is 1. The van der Waals surface area contributed by atoms with Gasteiger partial charge in [-0.25, -0.2) is 0 Å². The molecule has 3 nitrogen and oxygen atoms in total. The number of hydrogen-bond donors (Lipinski definition) is 1. The number of nitrogens with one attached hydrogen (secondary N) is 1. The maximum Gasteiger partial charge on any atom is 0.255 e. The van der Waals surface area contributed by atoms with Crippen molar-refractivity contribution in [2.24, 2.45) is 0 Å². The van der Waals surface area contributed by atoms with E-state index in [4.69, 9.17) is 16.3 Å². The molecule has 0 aliphatic rings. The molecule has 0 aromatic heterocycles. The summed E-state index contributed by atoms with van der Waals surface area (Å²) in [4.78, 5) is 12.2. The van der Waals surface area contributed by atoms with Gasteiger partial charge in [-0.15, -0.1) is 0 Å². The Morgan fingerprint density at radius 3 is 2.75 bits per heavy atom. The van der Waals surface area contributed by atoms with Crippen molar-refractivity contribution in [3.63, 3.8) is 0 Å². The Hall–Kier alpha value is -1.84. The smallest absolute Gasteiger partial charge is 0.255 e. The third-order valence-corrected chi connectivity index (χ3v) is 3.43. The Balaban J connectivity index is 2.19. The quantitative estimate of drug-likeness (QED) is 0.922. The van der Waals surface area contributed by atoms with Gasteiger partial charge in [0.2, 0.25) is 0 Å². The zero-order valence-electron chi connectivity index (χ0n) is 11.4. The molecule has 0 saturated heterocycles. The fraction of sp³-hybridized carbons (Fsp3) is 0.188. The number of carbonyl (C=O) groups is 1. The van der Waals surface area contributed by atoms with Gasteiger partial charge in [-0.05, 0) is 42.3 Å². The molecule has 0 spiro atoms. The Bertz CT molecular complexity index is 626. The first kappa shape index (κ1) is 14.6. The maximum atomic E-state index is 12.2. The summed E-state index contributed by atoms with van der Waals surface area (Å²) in [6, 6.07) is 12.8. The first-order valence-corrected chi connectivity index (χ1v) is 6.64. The number of halogens is 1. The molecular formula is C16H16ClNO2. The van der Waals surface area contributed by atoms with Crippen molar-refractivity contribution < 1.29 is 9.53 Å². The van der Waals surface area contributed by atoms with E-state index in [2.05, 4.69) is 5.32 Å². The van der Waals surface area contributed by atoms with Crippen LogP contribution < -0.4 is 5.32 Å². The molecule has 0 bridgehead atoms. The molecule has 20 heavy (non-hydrogen) atoms. The van der Waals surface area contributed by atoms with Crippen molar-refractivity contribution in [1.29, 1.82) is 0 Å². The standard InChI is InChI=1S/C16H16ClNO2/c1-11-14(17)7-4-8-15(11)18-16(19)13-6-3-5-12(9-13)10-20-2/h3-9H,10H2,1-2H3,(H,18,19). The van der Waals surface area contributed by atoms with E-state index in [0.717, 1.165) is 16.8 Å². The van der Waals surface area contributed by atoms with Crippen LogP contribution in [0.4, 0.5) is 5.69 Å². The van der Waals surface area contributed by atoms with E-state index in [1.165, 1.54) is 0 Å². The highest BCUT2D eigenvalue weighted by molar-refractivity contribution is 6.31. The second kappa shape index (κ2) is 6.55. The summed E-state index contributed by atoms with van der Waals surface area (Å²) in [6.07, 6.45) is 0. The van der Waals surface area contributed by atoms with Gasteiger partial charge in [0.1, 0.15) is 0 Å². The van der Waals surface area contributed by atoms with Crippen LogP contribution in [-0.4, -0.2) is 13.0 Å².